The largest absolute Gasteiger partial charge is 0.445 e. The van der Waals surface area contributed by atoms with Gasteiger partial charge in [-0.1, -0.05) is 13.3 Å². The van der Waals surface area contributed by atoms with E-state index in [1.54, 1.807) is 6.20 Å². The maximum absolute atomic E-state index is 12.8. The third kappa shape index (κ3) is 4.73. The topological polar surface area (TPSA) is 38.1 Å². The first kappa shape index (κ1) is 16.3. The number of rotatable bonds is 6. The van der Waals surface area contributed by atoms with Gasteiger partial charge in [-0.15, -0.1) is 0 Å². The van der Waals surface area contributed by atoms with Crippen molar-refractivity contribution in [2.75, 3.05) is 13.1 Å². The van der Waals surface area contributed by atoms with E-state index in [0.717, 1.165) is 32.4 Å². The molecule has 2 unspecified atom stereocenters. The number of hydrogen-bond donors (Lipinski definition) is 1. The van der Waals surface area contributed by atoms with Gasteiger partial charge in [0.15, 0.2) is 5.89 Å². The molecule has 1 aliphatic rings. The van der Waals surface area contributed by atoms with Crippen LogP contribution in [0, 0.1) is 5.92 Å². The standard InChI is InChI=1S/C15H23F3N2O/c1-2-19-8-4-7-14-20-10-13(21-14)11-5-3-6-12(9-11)15(16,17)18/h10-12,19H,2-9H2,1H3. The van der Waals surface area contributed by atoms with Gasteiger partial charge in [0.05, 0.1) is 12.1 Å². The molecule has 1 aliphatic carbocycles. The number of nitrogens with one attached hydrogen (secondary N) is 1. The molecule has 0 spiro atoms. The van der Waals surface area contributed by atoms with Gasteiger partial charge in [-0.2, -0.15) is 13.2 Å². The number of aryl methyl sites for hydroxylation is 1. The Hall–Kier alpha value is -1.04. The average molecular weight is 304 g/mol. The highest BCUT2D eigenvalue weighted by Crippen LogP contribution is 2.43. The van der Waals surface area contributed by atoms with E-state index >= 15 is 0 Å². The van der Waals surface area contributed by atoms with Crippen molar-refractivity contribution < 1.29 is 17.6 Å². The number of halogens is 3. The molecule has 0 amide bonds. The first-order chi connectivity index (χ1) is 10.0. The van der Waals surface area contributed by atoms with Gasteiger partial charge in [0, 0.05) is 12.3 Å². The molecular weight excluding hydrogens is 281 g/mol. The van der Waals surface area contributed by atoms with E-state index in [0.29, 0.717) is 18.1 Å². The minimum Gasteiger partial charge on any atom is -0.445 e. The Balaban J connectivity index is 1.88. The predicted octanol–water partition coefficient (Wildman–Crippen LogP) is 4.05. The lowest BCUT2D eigenvalue weighted by molar-refractivity contribution is -0.183. The smallest absolute Gasteiger partial charge is 0.391 e. The summed E-state index contributed by atoms with van der Waals surface area (Å²) in [4.78, 5) is 4.20. The summed E-state index contributed by atoms with van der Waals surface area (Å²) in [6.07, 6.45) is 0.911. The van der Waals surface area contributed by atoms with Gasteiger partial charge >= 0.3 is 6.18 Å². The summed E-state index contributed by atoms with van der Waals surface area (Å²) in [7, 11) is 0. The zero-order valence-corrected chi connectivity index (χ0v) is 12.4. The van der Waals surface area contributed by atoms with Crippen LogP contribution >= 0.6 is 0 Å². The molecule has 1 saturated carbocycles. The van der Waals surface area contributed by atoms with Crippen molar-refractivity contribution in [2.24, 2.45) is 5.92 Å². The normalized spacial score (nSPS) is 23.4. The van der Waals surface area contributed by atoms with Crippen LogP contribution in [0.5, 0.6) is 0 Å². The fraction of sp³-hybridized carbons (Fsp3) is 0.800. The van der Waals surface area contributed by atoms with E-state index in [2.05, 4.69) is 10.3 Å². The monoisotopic (exact) mass is 304 g/mol. The minimum absolute atomic E-state index is 0.134. The van der Waals surface area contributed by atoms with Gasteiger partial charge in [0.25, 0.3) is 0 Å². The van der Waals surface area contributed by atoms with Crippen LogP contribution in [0.15, 0.2) is 10.6 Å². The summed E-state index contributed by atoms with van der Waals surface area (Å²) in [6, 6.07) is 0. The van der Waals surface area contributed by atoms with Crippen molar-refractivity contribution >= 4 is 0 Å². The molecule has 2 rings (SSSR count). The molecule has 0 radical (unpaired) electrons. The van der Waals surface area contributed by atoms with Crippen LogP contribution in [0.4, 0.5) is 13.2 Å². The molecule has 0 aromatic carbocycles. The minimum atomic E-state index is -4.09. The highest BCUT2D eigenvalue weighted by molar-refractivity contribution is 5.04. The van der Waals surface area contributed by atoms with E-state index in [-0.39, 0.29) is 18.8 Å². The zero-order chi connectivity index (χ0) is 15.3. The second-order valence-corrected chi connectivity index (χ2v) is 5.72. The lowest BCUT2D eigenvalue weighted by Crippen LogP contribution is -2.27. The highest BCUT2D eigenvalue weighted by atomic mass is 19.4. The molecule has 1 aromatic rings. The number of nitrogens with zero attached hydrogens (tertiary/aromatic N) is 1. The molecule has 1 fully saturated rings. The van der Waals surface area contributed by atoms with Gasteiger partial charge < -0.3 is 9.73 Å². The molecule has 0 saturated heterocycles. The van der Waals surface area contributed by atoms with Crippen LogP contribution in [0.1, 0.15) is 56.6 Å². The van der Waals surface area contributed by atoms with Crippen molar-refractivity contribution in [1.29, 1.82) is 0 Å². The molecule has 1 aromatic heterocycles. The Labute approximate surface area is 123 Å². The maximum Gasteiger partial charge on any atom is 0.391 e. The van der Waals surface area contributed by atoms with Crippen LogP contribution in [0.2, 0.25) is 0 Å². The summed E-state index contributed by atoms with van der Waals surface area (Å²) in [6.45, 7) is 3.87. The first-order valence-electron chi connectivity index (χ1n) is 7.72. The Morgan fingerprint density at radius 1 is 1.38 bits per heavy atom. The molecule has 0 aliphatic heterocycles. The number of aromatic nitrogens is 1. The first-order valence-corrected chi connectivity index (χ1v) is 7.72. The van der Waals surface area contributed by atoms with Gasteiger partial charge in [0.2, 0.25) is 0 Å². The quantitative estimate of drug-likeness (QED) is 0.806. The summed E-state index contributed by atoms with van der Waals surface area (Å²) >= 11 is 0. The second-order valence-electron chi connectivity index (χ2n) is 5.72. The predicted molar refractivity (Wildman–Crippen MR) is 74.1 cm³/mol. The lowest BCUT2D eigenvalue weighted by Gasteiger charge is -2.29. The van der Waals surface area contributed by atoms with Crippen LogP contribution in [-0.4, -0.2) is 24.2 Å². The number of oxazole rings is 1. The summed E-state index contributed by atoms with van der Waals surface area (Å²) in [5.74, 6) is -0.0709. The lowest BCUT2D eigenvalue weighted by atomic mass is 9.80. The third-order valence-corrected chi connectivity index (χ3v) is 4.11. The van der Waals surface area contributed by atoms with Crippen LogP contribution in [0.25, 0.3) is 0 Å². The van der Waals surface area contributed by atoms with Gasteiger partial charge in [-0.25, -0.2) is 4.98 Å². The van der Waals surface area contributed by atoms with E-state index in [9.17, 15) is 13.2 Å². The van der Waals surface area contributed by atoms with Crippen molar-refractivity contribution in [2.45, 2.75) is 57.5 Å². The maximum atomic E-state index is 12.8. The Bertz CT molecular complexity index is 431. The van der Waals surface area contributed by atoms with Crippen LogP contribution in [-0.2, 0) is 6.42 Å². The molecule has 1 N–H and O–H groups in total. The molecule has 3 nitrogen and oxygen atoms in total. The molecule has 1 heterocycles. The summed E-state index contributed by atoms with van der Waals surface area (Å²) in [5.41, 5.74) is 0. The van der Waals surface area contributed by atoms with Crippen molar-refractivity contribution in [3.63, 3.8) is 0 Å². The Morgan fingerprint density at radius 3 is 2.90 bits per heavy atom. The van der Waals surface area contributed by atoms with Crippen molar-refractivity contribution in [3.8, 4) is 0 Å². The molecule has 2 atom stereocenters. The summed E-state index contributed by atoms with van der Waals surface area (Å²) < 4.78 is 44.1. The Kier molecular flexibility index (Phi) is 5.67. The fourth-order valence-electron chi connectivity index (χ4n) is 2.92. The third-order valence-electron chi connectivity index (χ3n) is 4.11. The molecule has 6 heteroatoms. The zero-order valence-electron chi connectivity index (χ0n) is 12.4. The number of hydrogen-bond acceptors (Lipinski definition) is 3. The fourth-order valence-corrected chi connectivity index (χ4v) is 2.92. The van der Waals surface area contributed by atoms with Gasteiger partial charge in [0.1, 0.15) is 5.76 Å². The van der Waals surface area contributed by atoms with Crippen LogP contribution in [0.3, 0.4) is 0 Å². The SMILES string of the molecule is CCNCCCc1ncc(C2CCCC(C(F)(F)F)C2)o1. The number of alkyl halides is 3. The van der Waals surface area contributed by atoms with Crippen molar-refractivity contribution in [3.05, 3.63) is 17.8 Å². The van der Waals surface area contributed by atoms with E-state index in [1.165, 1.54) is 0 Å². The van der Waals surface area contributed by atoms with E-state index in [1.807, 2.05) is 6.92 Å². The average Bonchev–Trinajstić information content (AvgIpc) is 2.92. The highest BCUT2D eigenvalue weighted by Gasteiger charge is 2.43. The second kappa shape index (κ2) is 7.29. The molecule has 21 heavy (non-hydrogen) atoms. The van der Waals surface area contributed by atoms with E-state index < -0.39 is 12.1 Å². The van der Waals surface area contributed by atoms with E-state index in [4.69, 9.17) is 4.42 Å². The Morgan fingerprint density at radius 2 is 2.19 bits per heavy atom. The van der Waals surface area contributed by atoms with Crippen molar-refractivity contribution in [1.82, 2.24) is 10.3 Å². The van der Waals surface area contributed by atoms with Gasteiger partial charge in [-0.05, 0) is 38.8 Å². The molecular formula is C15H23F3N2O. The summed E-state index contributed by atoms with van der Waals surface area (Å²) in [5, 5.41) is 3.22. The van der Waals surface area contributed by atoms with Crippen LogP contribution < -0.4 is 5.32 Å². The molecule has 0 bridgehead atoms. The van der Waals surface area contributed by atoms with Gasteiger partial charge in [-0.3, -0.25) is 0 Å². The molecule has 120 valence electrons.